The average Bonchev–Trinajstić information content (AvgIpc) is 2.97. The van der Waals surface area contributed by atoms with Crippen LogP contribution in [0.25, 0.3) is 0 Å². The predicted molar refractivity (Wildman–Crippen MR) is 84.0 cm³/mol. The van der Waals surface area contributed by atoms with Gasteiger partial charge in [-0.1, -0.05) is 0 Å². The maximum atomic E-state index is 12.7. The summed E-state index contributed by atoms with van der Waals surface area (Å²) in [5.41, 5.74) is 0. The van der Waals surface area contributed by atoms with E-state index in [0.717, 1.165) is 37.7 Å². The fraction of sp³-hybridized carbons (Fsp3) is 0.714. The highest BCUT2D eigenvalue weighted by molar-refractivity contribution is 7.99. The van der Waals surface area contributed by atoms with Crippen LogP contribution in [0.5, 0.6) is 0 Å². The highest BCUT2D eigenvalue weighted by atomic mass is 32.2. The van der Waals surface area contributed by atoms with Gasteiger partial charge in [-0.15, -0.1) is 0 Å². The SMILES string of the molecule is CC1CSCC(C)N1C(=O)c1cnc(N2CCNCC2)o1. The van der Waals surface area contributed by atoms with Crippen molar-refractivity contribution in [3.05, 3.63) is 12.0 Å². The van der Waals surface area contributed by atoms with Crippen molar-refractivity contribution in [1.82, 2.24) is 15.2 Å². The second kappa shape index (κ2) is 6.27. The quantitative estimate of drug-likeness (QED) is 0.881. The molecule has 1 amide bonds. The first kappa shape index (κ1) is 14.7. The second-order valence-electron chi connectivity index (χ2n) is 5.69. The van der Waals surface area contributed by atoms with Gasteiger partial charge >= 0.3 is 0 Å². The van der Waals surface area contributed by atoms with E-state index in [1.807, 2.05) is 16.7 Å². The fourth-order valence-electron chi connectivity index (χ4n) is 2.90. The number of aromatic nitrogens is 1. The van der Waals surface area contributed by atoms with E-state index in [9.17, 15) is 4.79 Å². The van der Waals surface area contributed by atoms with E-state index in [1.165, 1.54) is 0 Å². The largest absolute Gasteiger partial charge is 0.418 e. The molecule has 1 aromatic heterocycles. The fourth-order valence-corrected chi connectivity index (χ4v) is 4.04. The molecule has 0 saturated carbocycles. The van der Waals surface area contributed by atoms with Gasteiger partial charge in [0.25, 0.3) is 11.9 Å². The van der Waals surface area contributed by atoms with Crippen LogP contribution in [0.15, 0.2) is 10.6 Å². The highest BCUT2D eigenvalue weighted by Crippen LogP contribution is 2.25. The number of rotatable bonds is 2. The van der Waals surface area contributed by atoms with Gasteiger partial charge in [0.05, 0.1) is 6.20 Å². The number of hydrogen-bond donors (Lipinski definition) is 1. The third kappa shape index (κ3) is 3.03. The van der Waals surface area contributed by atoms with Gasteiger partial charge in [-0.25, -0.2) is 4.98 Å². The van der Waals surface area contributed by atoms with Gasteiger partial charge in [0, 0.05) is 49.8 Å². The Bertz CT molecular complexity index is 491. The molecular weight excluding hydrogens is 288 g/mol. The third-order valence-electron chi connectivity index (χ3n) is 3.99. The molecule has 2 unspecified atom stereocenters. The number of amides is 1. The standard InChI is InChI=1S/C14H22N4O2S/c1-10-8-21-9-11(2)18(10)13(19)12-7-16-14(20-12)17-5-3-15-4-6-17/h7,10-11,15H,3-6,8-9H2,1-2H3. The van der Waals surface area contributed by atoms with Crippen molar-refractivity contribution in [3.8, 4) is 0 Å². The van der Waals surface area contributed by atoms with Crippen LogP contribution in [-0.2, 0) is 0 Å². The van der Waals surface area contributed by atoms with E-state index >= 15 is 0 Å². The van der Waals surface area contributed by atoms with Crippen LogP contribution in [0, 0.1) is 0 Å². The lowest BCUT2D eigenvalue weighted by Crippen LogP contribution is -2.49. The Balaban J connectivity index is 1.74. The van der Waals surface area contributed by atoms with Crippen LogP contribution in [0.4, 0.5) is 6.01 Å². The molecule has 3 heterocycles. The molecule has 3 rings (SSSR count). The lowest BCUT2D eigenvalue weighted by Gasteiger charge is -2.38. The zero-order valence-corrected chi connectivity index (χ0v) is 13.4. The Morgan fingerprint density at radius 2 is 2.00 bits per heavy atom. The summed E-state index contributed by atoms with van der Waals surface area (Å²) >= 11 is 1.90. The topological polar surface area (TPSA) is 61.6 Å². The number of anilines is 1. The maximum absolute atomic E-state index is 12.7. The molecule has 1 N–H and O–H groups in total. The van der Waals surface area contributed by atoms with E-state index in [-0.39, 0.29) is 18.0 Å². The van der Waals surface area contributed by atoms with Crippen molar-refractivity contribution in [2.45, 2.75) is 25.9 Å². The van der Waals surface area contributed by atoms with Gasteiger partial charge in [0.2, 0.25) is 5.76 Å². The summed E-state index contributed by atoms with van der Waals surface area (Å²) in [4.78, 5) is 21.0. The van der Waals surface area contributed by atoms with E-state index in [2.05, 4.69) is 29.0 Å². The number of oxazole rings is 1. The molecule has 21 heavy (non-hydrogen) atoms. The number of hydrogen-bond acceptors (Lipinski definition) is 6. The molecule has 7 heteroatoms. The molecule has 0 aliphatic carbocycles. The minimum atomic E-state index is -0.0378. The molecular formula is C14H22N4O2S. The van der Waals surface area contributed by atoms with Crippen LogP contribution >= 0.6 is 11.8 Å². The van der Waals surface area contributed by atoms with Crippen molar-refractivity contribution >= 4 is 23.7 Å². The number of nitrogens with one attached hydrogen (secondary N) is 1. The van der Waals surface area contributed by atoms with Crippen LogP contribution in [0.2, 0.25) is 0 Å². The predicted octanol–water partition coefficient (Wildman–Crippen LogP) is 1.05. The Morgan fingerprint density at radius 3 is 2.67 bits per heavy atom. The minimum Gasteiger partial charge on any atom is -0.418 e. The van der Waals surface area contributed by atoms with Crippen LogP contribution in [-0.4, -0.2) is 65.6 Å². The van der Waals surface area contributed by atoms with E-state index in [1.54, 1.807) is 6.20 Å². The number of piperazine rings is 1. The van der Waals surface area contributed by atoms with Gasteiger partial charge in [-0.2, -0.15) is 11.8 Å². The zero-order chi connectivity index (χ0) is 14.8. The summed E-state index contributed by atoms with van der Waals surface area (Å²) in [6.07, 6.45) is 1.57. The molecule has 6 nitrogen and oxygen atoms in total. The molecule has 0 radical (unpaired) electrons. The van der Waals surface area contributed by atoms with Crippen molar-refractivity contribution in [2.24, 2.45) is 0 Å². The summed E-state index contributed by atoms with van der Waals surface area (Å²) < 4.78 is 5.72. The highest BCUT2D eigenvalue weighted by Gasteiger charge is 2.32. The van der Waals surface area contributed by atoms with Crippen molar-refractivity contribution < 1.29 is 9.21 Å². The third-order valence-corrected chi connectivity index (χ3v) is 5.43. The van der Waals surface area contributed by atoms with E-state index in [4.69, 9.17) is 4.42 Å². The molecule has 0 bridgehead atoms. The second-order valence-corrected chi connectivity index (χ2v) is 6.77. The van der Waals surface area contributed by atoms with Crippen molar-refractivity contribution in [2.75, 3.05) is 42.6 Å². The number of nitrogens with zero attached hydrogens (tertiary/aromatic N) is 3. The first-order valence-corrected chi connectivity index (χ1v) is 8.64. The lowest BCUT2D eigenvalue weighted by atomic mass is 10.2. The average molecular weight is 310 g/mol. The normalized spacial score (nSPS) is 27.0. The van der Waals surface area contributed by atoms with Crippen LogP contribution in [0.3, 0.4) is 0 Å². The van der Waals surface area contributed by atoms with E-state index in [0.29, 0.717) is 11.8 Å². The number of carbonyl (C=O) groups excluding carboxylic acids is 1. The van der Waals surface area contributed by atoms with Crippen LogP contribution < -0.4 is 10.2 Å². The molecule has 2 aliphatic heterocycles. The number of carbonyl (C=O) groups is 1. The summed E-state index contributed by atoms with van der Waals surface area (Å²) in [5, 5.41) is 3.29. The summed E-state index contributed by atoms with van der Waals surface area (Å²) in [6.45, 7) is 7.75. The van der Waals surface area contributed by atoms with Gasteiger partial charge in [0.1, 0.15) is 0 Å². The molecule has 116 valence electrons. The smallest absolute Gasteiger partial charge is 0.298 e. The first-order chi connectivity index (χ1) is 10.2. The minimum absolute atomic E-state index is 0.0378. The molecule has 0 spiro atoms. The van der Waals surface area contributed by atoms with Crippen molar-refractivity contribution in [1.29, 1.82) is 0 Å². The Morgan fingerprint density at radius 1 is 1.33 bits per heavy atom. The van der Waals surface area contributed by atoms with Crippen molar-refractivity contribution in [3.63, 3.8) is 0 Å². The van der Waals surface area contributed by atoms with Gasteiger partial charge in [-0.3, -0.25) is 4.79 Å². The monoisotopic (exact) mass is 310 g/mol. The first-order valence-electron chi connectivity index (χ1n) is 7.48. The van der Waals surface area contributed by atoms with E-state index < -0.39 is 0 Å². The molecule has 2 fully saturated rings. The lowest BCUT2D eigenvalue weighted by molar-refractivity contribution is 0.0609. The molecule has 2 atom stereocenters. The molecule has 0 aromatic carbocycles. The summed E-state index contributed by atoms with van der Waals surface area (Å²) in [5.74, 6) is 2.28. The maximum Gasteiger partial charge on any atom is 0.298 e. The molecule has 2 saturated heterocycles. The molecule has 2 aliphatic rings. The Kier molecular flexibility index (Phi) is 4.40. The zero-order valence-electron chi connectivity index (χ0n) is 12.5. The van der Waals surface area contributed by atoms with Crippen LogP contribution in [0.1, 0.15) is 24.4 Å². The van der Waals surface area contributed by atoms with Gasteiger partial charge < -0.3 is 19.5 Å². The Hall–Kier alpha value is -1.21. The molecule has 1 aromatic rings. The Labute approximate surface area is 129 Å². The summed E-state index contributed by atoms with van der Waals surface area (Å²) in [6, 6.07) is 1.03. The number of thioether (sulfide) groups is 1. The summed E-state index contributed by atoms with van der Waals surface area (Å²) in [7, 11) is 0. The van der Waals surface area contributed by atoms with Gasteiger partial charge in [-0.05, 0) is 13.8 Å². The van der Waals surface area contributed by atoms with Gasteiger partial charge in [0.15, 0.2) is 0 Å².